The molecule has 108 valence electrons. The summed E-state index contributed by atoms with van der Waals surface area (Å²) in [4.78, 5) is 0. The number of alkyl halides is 6. The lowest BCUT2D eigenvalue weighted by atomic mass is 10.1. The Labute approximate surface area is 106 Å². The molecule has 1 unspecified atom stereocenters. The van der Waals surface area contributed by atoms with Gasteiger partial charge in [-0.15, -0.1) is 0 Å². The summed E-state index contributed by atoms with van der Waals surface area (Å²) in [5, 5.41) is 2.45. The van der Waals surface area contributed by atoms with Gasteiger partial charge < -0.3 is 5.32 Å². The first-order chi connectivity index (χ1) is 8.59. The Balaban J connectivity index is 2.68. The number of rotatable bonds is 4. The molecule has 1 aromatic rings. The van der Waals surface area contributed by atoms with Gasteiger partial charge in [-0.2, -0.15) is 26.3 Å². The van der Waals surface area contributed by atoms with Crippen LogP contribution >= 0.6 is 0 Å². The van der Waals surface area contributed by atoms with Crippen LogP contribution in [0.4, 0.5) is 26.3 Å². The predicted octanol–water partition coefficient (Wildman–Crippen LogP) is 4.14. The van der Waals surface area contributed by atoms with Crippen LogP contribution in [0.25, 0.3) is 0 Å². The maximum atomic E-state index is 12.6. The largest absolute Gasteiger partial charge is 0.416 e. The number of nitrogens with one attached hydrogen (secondary N) is 1. The molecule has 1 nitrogen and oxygen atoms in total. The van der Waals surface area contributed by atoms with Gasteiger partial charge in [0, 0.05) is 12.6 Å². The Bertz CT molecular complexity index is 409. The summed E-state index contributed by atoms with van der Waals surface area (Å²) in [5.74, 6) is 0. The summed E-state index contributed by atoms with van der Waals surface area (Å²) in [6.45, 7) is 1.02. The molecule has 1 N–H and O–H groups in total. The number of halogens is 6. The minimum atomic E-state index is -4.51. The first-order valence-electron chi connectivity index (χ1n) is 5.55. The van der Waals surface area contributed by atoms with E-state index in [1.54, 1.807) is 0 Å². The molecule has 0 heterocycles. The van der Waals surface area contributed by atoms with E-state index >= 15 is 0 Å². The zero-order valence-corrected chi connectivity index (χ0v) is 10.1. The summed E-state index contributed by atoms with van der Waals surface area (Å²) >= 11 is 0. The third kappa shape index (κ3) is 5.50. The topological polar surface area (TPSA) is 12.0 Å². The average Bonchev–Trinajstić information content (AvgIpc) is 2.23. The zero-order chi connectivity index (χ0) is 14.7. The minimum Gasteiger partial charge on any atom is -0.310 e. The molecule has 0 aliphatic carbocycles. The summed E-state index contributed by atoms with van der Waals surface area (Å²) in [6.07, 6.45) is -9.93. The molecule has 0 aliphatic heterocycles. The van der Waals surface area contributed by atoms with Crippen molar-refractivity contribution < 1.29 is 26.3 Å². The van der Waals surface area contributed by atoms with Crippen molar-refractivity contribution in [3.8, 4) is 0 Å². The van der Waals surface area contributed by atoms with E-state index in [0.29, 0.717) is 0 Å². The van der Waals surface area contributed by atoms with E-state index in [0.717, 1.165) is 6.07 Å². The fourth-order valence-electron chi connectivity index (χ4n) is 1.65. The fourth-order valence-corrected chi connectivity index (χ4v) is 1.65. The molecule has 1 aromatic carbocycles. The second-order valence-corrected chi connectivity index (χ2v) is 4.26. The minimum absolute atomic E-state index is 0.0657. The molecule has 0 saturated carbocycles. The predicted molar refractivity (Wildman–Crippen MR) is 58.4 cm³/mol. The van der Waals surface area contributed by atoms with Crippen molar-refractivity contribution in [2.45, 2.75) is 38.3 Å². The van der Waals surface area contributed by atoms with Gasteiger partial charge in [-0.3, -0.25) is 0 Å². The Morgan fingerprint density at radius 1 is 1.05 bits per heavy atom. The number of benzene rings is 1. The van der Waals surface area contributed by atoms with E-state index < -0.39 is 30.4 Å². The molecule has 0 saturated heterocycles. The SMILES string of the molecule is CC(CC(F)(F)F)NCc1ccccc1C(F)(F)F. The van der Waals surface area contributed by atoms with Gasteiger partial charge in [-0.1, -0.05) is 18.2 Å². The van der Waals surface area contributed by atoms with Crippen LogP contribution in [0.5, 0.6) is 0 Å². The normalized spacial score (nSPS) is 14.5. The van der Waals surface area contributed by atoms with Crippen molar-refractivity contribution in [3.63, 3.8) is 0 Å². The molecule has 0 bridgehead atoms. The maximum Gasteiger partial charge on any atom is 0.416 e. The fraction of sp³-hybridized carbons (Fsp3) is 0.500. The molecular weight excluding hydrogens is 272 g/mol. The summed E-state index contributed by atoms with van der Waals surface area (Å²) < 4.78 is 74.1. The lowest BCUT2D eigenvalue weighted by molar-refractivity contribution is -0.140. The Kier molecular flexibility index (Phi) is 4.84. The number of hydrogen-bond donors (Lipinski definition) is 1. The maximum absolute atomic E-state index is 12.6. The first-order valence-corrected chi connectivity index (χ1v) is 5.55. The highest BCUT2D eigenvalue weighted by molar-refractivity contribution is 5.29. The molecule has 0 aromatic heterocycles. The Morgan fingerprint density at radius 3 is 2.16 bits per heavy atom. The van der Waals surface area contributed by atoms with Gasteiger partial charge in [0.25, 0.3) is 0 Å². The average molecular weight is 285 g/mol. The van der Waals surface area contributed by atoms with Gasteiger partial charge in [-0.25, -0.2) is 0 Å². The van der Waals surface area contributed by atoms with Gasteiger partial charge in [0.1, 0.15) is 0 Å². The molecule has 1 rings (SSSR count). The van der Waals surface area contributed by atoms with Gasteiger partial charge in [0.15, 0.2) is 0 Å². The molecule has 0 aliphatic rings. The van der Waals surface area contributed by atoms with E-state index in [1.165, 1.54) is 25.1 Å². The molecule has 0 radical (unpaired) electrons. The summed E-state index contributed by atoms with van der Waals surface area (Å²) in [5.41, 5.74) is -0.897. The van der Waals surface area contributed by atoms with E-state index in [4.69, 9.17) is 0 Å². The van der Waals surface area contributed by atoms with E-state index in [1.807, 2.05) is 0 Å². The molecule has 19 heavy (non-hydrogen) atoms. The van der Waals surface area contributed by atoms with Crippen molar-refractivity contribution in [1.82, 2.24) is 5.32 Å². The quantitative estimate of drug-likeness (QED) is 0.820. The van der Waals surface area contributed by atoms with Crippen LogP contribution in [0.2, 0.25) is 0 Å². The molecule has 7 heteroatoms. The molecular formula is C12H13F6N. The Hall–Kier alpha value is -1.24. The van der Waals surface area contributed by atoms with Crippen LogP contribution < -0.4 is 5.32 Å². The second-order valence-electron chi connectivity index (χ2n) is 4.26. The van der Waals surface area contributed by atoms with Crippen LogP contribution in [0.15, 0.2) is 24.3 Å². The summed E-state index contributed by atoms with van der Waals surface area (Å²) in [7, 11) is 0. The molecule has 0 amide bonds. The van der Waals surface area contributed by atoms with Gasteiger partial charge in [0.05, 0.1) is 12.0 Å². The van der Waals surface area contributed by atoms with Crippen molar-refractivity contribution in [1.29, 1.82) is 0 Å². The van der Waals surface area contributed by atoms with Gasteiger partial charge >= 0.3 is 12.4 Å². The second kappa shape index (κ2) is 5.81. The third-order valence-corrected chi connectivity index (χ3v) is 2.50. The van der Waals surface area contributed by atoms with Crippen molar-refractivity contribution in [2.24, 2.45) is 0 Å². The van der Waals surface area contributed by atoms with Crippen molar-refractivity contribution in [2.75, 3.05) is 0 Å². The van der Waals surface area contributed by atoms with Crippen LogP contribution in [-0.4, -0.2) is 12.2 Å². The zero-order valence-electron chi connectivity index (χ0n) is 10.1. The monoisotopic (exact) mass is 285 g/mol. The van der Waals surface area contributed by atoms with Crippen LogP contribution in [-0.2, 0) is 12.7 Å². The van der Waals surface area contributed by atoms with E-state index in [9.17, 15) is 26.3 Å². The third-order valence-electron chi connectivity index (χ3n) is 2.50. The lowest BCUT2D eigenvalue weighted by Gasteiger charge is -2.18. The highest BCUT2D eigenvalue weighted by Gasteiger charge is 2.33. The first kappa shape index (κ1) is 15.8. The highest BCUT2D eigenvalue weighted by Crippen LogP contribution is 2.32. The summed E-state index contributed by atoms with van der Waals surface area (Å²) in [6, 6.07) is 3.87. The Morgan fingerprint density at radius 2 is 1.63 bits per heavy atom. The van der Waals surface area contributed by atoms with Gasteiger partial charge in [-0.05, 0) is 18.6 Å². The molecule has 0 fully saturated rings. The van der Waals surface area contributed by atoms with Crippen LogP contribution in [0, 0.1) is 0 Å². The molecule has 0 spiro atoms. The van der Waals surface area contributed by atoms with E-state index in [-0.39, 0.29) is 12.1 Å². The highest BCUT2D eigenvalue weighted by atomic mass is 19.4. The van der Waals surface area contributed by atoms with E-state index in [2.05, 4.69) is 5.32 Å². The van der Waals surface area contributed by atoms with Crippen molar-refractivity contribution in [3.05, 3.63) is 35.4 Å². The van der Waals surface area contributed by atoms with Crippen LogP contribution in [0.3, 0.4) is 0 Å². The smallest absolute Gasteiger partial charge is 0.310 e. The van der Waals surface area contributed by atoms with Crippen LogP contribution in [0.1, 0.15) is 24.5 Å². The van der Waals surface area contributed by atoms with Crippen molar-refractivity contribution >= 4 is 0 Å². The van der Waals surface area contributed by atoms with Gasteiger partial charge in [0.2, 0.25) is 0 Å². The lowest BCUT2D eigenvalue weighted by Crippen LogP contribution is -2.31. The molecule has 1 atom stereocenters. The number of hydrogen-bond acceptors (Lipinski definition) is 1. The standard InChI is InChI=1S/C12H13F6N/c1-8(6-11(13,14)15)19-7-9-4-2-3-5-10(9)12(16,17)18/h2-5,8,19H,6-7H2,1H3.